The first-order valence-electron chi connectivity index (χ1n) is 11.4. The summed E-state index contributed by atoms with van der Waals surface area (Å²) in [7, 11) is 0. The van der Waals surface area contributed by atoms with E-state index in [1.165, 1.54) is 37.7 Å². The van der Waals surface area contributed by atoms with Gasteiger partial charge in [0, 0.05) is 36.5 Å². The predicted octanol–water partition coefficient (Wildman–Crippen LogP) is 4.80. The maximum atomic E-state index is 13.4. The minimum Gasteiger partial charge on any atom is -0.346 e. The number of nitrogens with one attached hydrogen (secondary N) is 3. The lowest BCUT2D eigenvalue weighted by Crippen LogP contribution is -2.34. The summed E-state index contributed by atoms with van der Waals surface area (Å²) in [6, 6.07) is 6.00. The van der Waals surface area contributed by atoms with Gasteiger partial charge in [0.1, 0.15) is 23.8 Å². The molecular formula is C25H28ClFN6O. The van der Waals surface area contributed by atoms with E-state index in [-0.39, 0.29) is 17.0 Å². The molecule has 1 atom stereocenters. The molecule has 1 saturated heterocycles. The average Bonchev–Trinajstić information content (AvgIpc) is 2.83. The Balaban J connectivity index is 1.27. The van der Waals surface area contributed by atoms with Gasteiger partial charge in [-0.05, 0) is 50.2 Å². The summed E-state index contributed by atoms with van der Waals surface area (Å²) in [4.78, 5) is 23.2. The highest BCUT2D eigenvalue weighted by atomic mass is 35.5. The Morgan fingerprint density at radius 2 is 1.94 bits per heavy atom. The van der Waals surface area contributed by atoms with Crippen molar-refractivity contribution in [1.82, 2.24) is 20.2 Å². The van der Waals surface area contributed by atoms with E-state index in [9.17, 15) is 9.18 Å². The van der Waals surface area contributed by atoms with E-state index in [2.05, 4.69) is 30.8 Å². The van der Waals surface area contributed by atoms with Crippen molar-refractivity contribution in [2.45, 2.75) is 31.7 Å². The van der Waals surface area contributed by atoms with E-state index < -0.39 is 5.82 Å². The molecule has 1 unspecified atom stereocenters. The van der Waals surface area contributed by atoms with Gasteiger partial charge in [-0.1, -0.05) is 36.2 Å². The number of nitrogens with zero attached hydrogens (tertiary/aromatic N) is 3. The van der Waals surface area contributed by atoms with Crippen molar-refractivity contribution >= 4 is 34.8 Å². The van der Waals surface area contributed by atoms with Crippen molar-refractivity contribution in [3.05, 3.63) is 77.5 Å². The smallest absolute Gasteiger partial charge is 0.244 e. The van der Waals surface area contributed by atoms with Crippen LogP contribution in [0.5, 0.6) is 0 Å². The first kappa shape index (κ1) is 23.9. The summed E-state index contributed by atoms with van der Waals surface area (Å²) < 4.78 is 13.4. The third-order valence-electron chi connectivity index (χ3n) is 5.64. The van der Waals surface area contributed by atoms with Crippen molar-refractivity contribution in [1.29, 1.82) is 0 Å². The number of amides is 1. The van der Waals surface area contributed by atoms with Gasteiger partial charge in [0.2, 0.25) is 5.91 Å². The van der Waals surface area contributed by atoms with E-state index in [1.807, 2.05) is 24.3 Å². The Labute approximate surface area is 203 Å². The molecule has 2 aromatic rings. The lowest BCUT2D eigenvalue weighted by Gasteiger charge is -2.24. The number of piperidine rings is 1. The monoisotopic (exact) mass is 482 g/mol. The summed E-state index contributed by atoms with van der Waals surface area (Å²) in [5.74, 6) is 0.558. The number of aromatic nitrogens is 2. The van der Waals surface area contributed by atoms with Gasteiger partial charge in [0.15, 0.2) is 0 Å². The van der Waals surface area contributed by atoms with E-state index >= 15 is 0 Å². The van der Waals surface area contributed by atoms with Gasteiger partial charge in [-0.25, -0.2) is 14.4 Å². The molecule has 0 radical (unpaired) electrons. The third-order valence-corrected chi connectivity index (χ3v) is 5.93. The highest BCUT2D eigenvalue weighted by Crippen LogP contribution is 2.23. The molecule has 2 aliphatic rings. The van der Waals surface area contributed by atoms with Crippen LogP contribution < -0.4 is 16.0 Å². The van der Waals surface area contributed by atoms with Crippen molar-refractivity contribution < 1.29 is 9.18 Å². The Morgan fingerprint density at radius 3 is 2.74 bits per heavy atom. The molecule has 178 valence electrons. The molecule has 34 heavy (non-hydrogen) atoms. The zero-order chi connectivity index (χ0) is 23.8. The van der Waals surface area contributed by atoms with Gasteiger partial charge in [-0.2, -0.15) is 0 Å². The number of allylic oxidation sites excluding steroid dienone is 2. The Morgan fingerprint density at radius 1 is 1.15 bits per heavy atom. The van der Waals surface area contributed by atoms with Crippen LogP contribution in [0.1, 0.15) is 25.7 Å². The van der Waals surface area contributed by atoms with Gasteiger partial charge >= 0.3 is 0 Å². The molecule has 0 spiro atoms. The van der Waals surface area contributed by atoms with E-state index in [0.717, 1.165) is 25.3 Å². The molecule has 0 saturated carbocycles. The van der Waals surface area contributed by atoms with Crippen LogP contribution in [0, 0.1) is 5.82 Å². The molecule has 0 bridgehead atoms. The summed E-state index contributed by atoms with van der Waals surface area (Å²) in [6.45, 7) is 3.03. The Bertz CT molecular complexity index is 1100. The van der Waals surface area contributed by atoms with E-state index in [0.29, 0.717) is 23.7 Å². The van der Waals surface area contributed by atoms with Crippen molar-refractivity contribution in [3.8, 4) is 0 Å². The van der Waals surface area contributed by atoms with Crippen molar-refractivity contribution in [2.24, 2.45) is 0 Å². The maximum absolute atomic E-state index is 13.4. The Kier molecular flexibility index (Phi) is 8.27. The third kappa shape index (κ3) is 7.13. The molecule has 1 amide bonds. The second-order valence-corrected chi connectivity index (χ2v) is 8.73. The summed E-state index contributed by atoms with van der Waals surface area (Å²) >= 11 is 5.84. The van der Waals surface area contributed by atoms with Gasteiger partial charge in [-0.3, -0.25) is 9.69 Å². The number of benzene rings is 1. The number of hydrogen-bond acceptors (Lipinski definition) is 6. The number of halogens is 2. The summed E-state index contributed by atoms with van der Waals surface area (Å²) in [6.07, 6.45) is 15.2. The minimum absolute atomic E-state index is 0.0333. The molecule has 1 aromatic heterocycles. The first-order chi connectivity index (χ1) is 16.5. The fourth-order valence-corrected chi connectivity index (χ4v) is 4.11. The van der Waals surface area contributed by atoms with Crippen LogP contribution in [-0.2, 0) is 4.79 Å². The zero-order valence-corrected chi connectivity index (χ0v) is 19.6. The second kappa shape index (κ2) is 11.8. The molecule has 4 rings (SSSR count). The molecule has 1 aliphatic carbocycles. The molecule has 1 aromatic carbocycles. The van der Waals surface area contributed by atoms with Crippen LogP contribution in [0.3, 0.4) is 0 Å². The lowest BCUT2D eigenvalue weighted by atomic mass is 10.1. The van der Waals surface area contributed by atoms with Gasteiger partial charge in [0.25, 0.3) is 0 Å². The highest BCUT2D eigenvalue weighted by molar-refractivity contribution is 6.31. The molecule has 9 heteroatoms. The van der Waals surface area contributed by atoms with Crippen LogP contribution >= 0.6 is 11.6 Å². The summed E-state index contributed by atoms with van der Waals surface area (Å²) in [5.41, 5.74) is 1.53. The number of anilines is 3. The molecular weight excluding hydrogens is 455 g/mol. The SMILES string of the molecule is O=C(/C=C/CN1CCCCC1)NC1C=CC=C(Nc2cc(Nc3ccc(F)c(Cl)c3)ncn2)C1. The fraction of sp³-hybridized carbons (Fsp3) is 0.320. The predicted molar refractivity (Wildman–Crippen MR) is 134 cm³/mol. The molecule has 2 heterocycles. The lowest BCUT2D eigenvalue weighted by molar-refractivity contribution is -0.116. The van der Waals surface area contributed by atoms with Crippen molar-refractivity contribution in [2.75, 3.05) is 30.3 Å². The maximum Gasteiger partial charge on any atom is 0.244 e. The van der Waals surface area contributed by atoms with Crippen LogP contribution in [0.25, 0.3) is 0 Å². The van der Waals surface area contributed by atoms with Gasteiger partial charge in [0.05, 0.1) is 11.1 Å². The number of rotatable bonds is 8. The van der Waals surface area contributed by atoms with Crippen LogP contribution in [0.2, 0.25) is 5.02 Å². The number of carbonyl (C=O) groups excluding carboxylic acids is 1. The van der Waals surface area contributed by atoms with Crippen LogP contribution in [0.4, 0.5) is 21.7 Å². The fourth-order valence-electron chi connectivity index (χ4n) is 3.93. The van der Waals surface area contributed by atoms with Crippen molar-refractivity contribution in [3.63, 3.8) is 0 Å². The summed E-state index contributed by atoms with van der Waals surface area (Å²) in [5, 5.41) is 9.42. The molecule has 7 nitrogen and oxygen atoms in total. The molecule has 1 aliphatic heterocycles. The van der Waals surface area contributed by atoms with Gasteiger partial charge in [-0.15, -0.1) is 0 Å². The normalized spacial score (nSPS) is 18.5. The van der Waals surface area contributed by atoms with E-state index in [1.54, 1.807) is 18.2 Å². The van der Waals surface area contributed by atoms with Crippen LogP contribution in [0.15, 0.2) is 66.7 Å². The largest absolute Gasteiger partial charge is 0.346 e. The van der Waals surface area contributed by atoms with Gasteiger partial charge < -0.3 is 16.0 Å². The molecule has 1 fully saturated rings. The first-order valence-corrected chi connectivity index (χ1v) is 11.8. The Hall–Kier alpha value is -3.23. The average molecular weight is 483 g/mol. The quantitative estimate of drug-likeness (QED) is 0.469. The standard InChI is InChI=1S/C25H28ClFN6O/c26-21-15-20(9-10-22(21)27)31-24-16-23(28-17-29-24)30-18-6-4-7-19(14-18)32-25(34)8-5-13-33-11-2-1-3-12-33/h4-10,15-17,19H,1-3,11-14H2,(H,32,34)(H2,28,29,30,31)/b8-5+. The van der Waals surface area contributed by atoms with E-state index in [4.69, 9.17) is 11.6 Å². The highest BCUT2D eigenvalue weighted by Gasteiger charge is 2.14. The minimum atomic E-state index is -0.478. The zero-order valence-electron chi connectivity index (χ0n) is 18.8. The second-order valence-electron chi connectivity index (χ2n) is 8.33. The number of carbonyl (C=O) groups is 1. The topological polar surface area (TPSA) is 82.2 Å². The molecule has 3 N–H and O–H groups in total. The number of hydrogen-bond donors (Lipinski definition) is 3. The number of likely N-dealkylation sites (tertiary alicyclic amines) is 1. The van der Waals surface area contributed by atoms with Crippen LogP contribution in [-0.4, -0.2) is 46.5 Å².